The topological polar surface area (TPSA) is 64.3 Å². The molecule has 1 saturated heterocycles. The molecule has 1 fully saturated rings. The molecule has 0 aromatic rings. The van der Waals surface area contributed by atoms with Crippen molar-refractivity contribution < 1.29 is 9.53 Å². The minimum Gasteiger partial charge on any atom is -0.392 e. The van der Waals surface area contributed by atoms with E-state index >= 15 is 0 Å². The van der Waals surface area contributed by atoms with E-state index < -0.39 is 0 Å². The number of carbonyl (C=O) groups is 1. The third-order valence-corrected chi connectivity index (χ3v) is 3.23. The summed E-state index contributed by atoms with van der Waals surface area (Å²) in [7, 11) is 0. The third kappa shape index (κ3) is 5.46. The van der Waals surface area contributed by atoms with Gasteiger partial charge in [-0.15, -0.1) is 0 Å². The van der Waals surface area contributed by atoms with Gasteiger partial charge in [-0.05, 0) is 25.7 Å². The number of hydrogen-bond donors (Lipinski definition) is 2. The van der Waals surface area contributed by atoms with Crippen LogP contribution in [-0.2, 0) is 9.53 Å². The molecule has 5 heteroatoms. The molecule has 4 nitrogen and oxygen atoms in total. The van der Waals surface area contributed by atoms with E-state index in [4.69, 9.17) is 22.7 Å². The number of nitrogens with one attached hydrogen (secondary N) is 1. The van der Waals surface area contributed by atoms with Crippen molar-refractivity contribution in [3.63, 3.8) is 0 Å². The van der Waals surface area contributed by atoms with Crippen LogP contribution in [-0.4, -0.2) is 29.6 Å². The van der Waals surface area contributed by atoms with Gasteiger partial charge in [0.2, 0.25) is 5.91 Å². The molecule has 0 aromatic heterocycles. The number of ether oxygens (including phenoxy) is 1. The predicted octanol–water partition coefficient (Wildman–Crippen LogP) is 1.52. The van der Waals surface area contributed by atoms with Crippen LogP contribution in [0.4, 0.5) is 0 Å². The number of thiocarbonyl (C=S) groups is 1. The molecule has 1 rings (SSSR count). The van der Waals surface area contributed by atoms with E-state index in [0.717, 1.165) is 38.7 Å². The molecule has 1 aliphatic rings. The molecular formula is C12H22N2O2S. The molecular weight excluding hydrogens is 236 g/mol. The molecule has 3 N–H and O–H groups in total. The molecule has 1 heterocycles. The minimum absolute atomic E-state index is 0.0110. The van der Waals surface area contributed by atoms with Crippen LogP contribution in [0.5, 0.6) is 0 Å². The first kappa shape index (κ1) is 14.4. The van der Waals surface area contributed by atoms with Crippen molar-refractivity contribution in [2.75, 3.05) is 6.61 Å². The van der Waals surface area contributed by atoms with Crippen LogP contribution < -0.4 is 11.1 Å². The number of hydrogen-bond acceptors (Lipinski definition) is 3. The van der Waals surface area contributed by atoms with Crippen molar-refractivity contribution in [2.45, 2.75) is 57.6 Å². The van der Waals surface area contributed by atoms with E-state index in [1.807, 2.05) is 6.92 Å². The Labute approximate surface area is 108 Å². The highest BCUT2D eigenvalue weighted by molar-refractivity contribution is 7.80. The Morgan fingerprint density at radius 2 is 2.35 bits per heavy atom. The highest BCUT2D eigenvalue weighted by Crippen LogP contribution is 2.15. The van der Waals surface area contributed by atoms with Gasteiger partial charge in [-0.2, -0.15) is 0 Å². The van der Waals surface area contributed by atoms with Crippen LogP contribution in [0, 0.1) is 0 Å². The maximum Gasteiger partial charge on any atom is 0.223 e. The summed E-state index contributed by atoms with van der Waals surface area (Å²) in [5.74, 6) is -0.0110. The maximum absolute atomic E-state index is 11.8. The van der Waals surface area contributed by atoms with Gasteiger partial charge in [0.25, 0.3) is 0 Å². The number of nitrogens with two attached hydrogens (primary N) is 1. The number of carbonyl (C=O) groups excluding carboxylic acids is 1. The Morgan fingerprint density at radius 3 is 2.88 bits per heavy atom. The van der Waals surface area contributed by atoms with Crippen LogP contribution in [0.25, 0.3) is 0 Å². The van der Waals surface area contributed by atoms with Crippen molar-refractivity contribution in [1.29, 1.82) is 0 Å². The zero-order valence-electron chi connectivity index (χ0n) is 10.4. The van der Waals surface area contributed by atoms with Crippen molar-refractivity contribution in [3.05, 3.63) is 0 Å². The predicted molar refractivity (Wildman–Crippen MR) is 71.8 cm³/mol. The second-order valence-electron chi connectivity index (χ2n) is 4.50. The van der Waals surface area contributed by atoms with E-state index in [-0.39, 0.29) is 18.1 Å². The van der Waals surface area contributed by atoms with Gasteiger partial charge in [-0.3, -0.25) is 4.79 Å². The van der Waals surface area contributed by atoms with Gasteiger partial charge in [0.15, 0.2) is 0 Å². The average Bonchev–Trinajstić information content (AvgIpc) is 2.29. The Hall–Kier alpha value is -0.680. The molecule has 1 amide bonds. The molecule has 0 aliphatic carbocycles. The van der Waals surface area contributed by atoms with Crippen LogP contribution >= 0.6 is 12.2 Å². The highest BCUT2D eigenvalue weighted by atomic mass is 32.1. The Kier molecular flexibility index (Phi) is 6.44. The lowest BCUT2D eigenvalue weighted by atomic mass is 10.1. The summed E-state index contributed by atoms with van der Waals surface area (Å²) in [6.45, 7) is 2.81. The standard InChI is InChI=1S/C12H22N2O2S/c1-2-5-10(12(13)17)14-11(15)8-9-6-3-4-7-16-9/h9-10H,2-8H2,1H3,(H2,13,17)(H,14,15). The quantitative estimate of drug-likeness (QED) is 0.709. The summed E-state index contributed by atoms with van der Waals surface area (Å²) >= 11 is 4.94. The first-order valence-electron chi connectivity index (χ1n) is 6.33. The summed E-state index contributed by atoms with van der Waals surface area (Å²) in [6, 6.07) is -0.175. The van der Waals surface area contributed by atoms with Crippen LogP contribution in [0.15, 0.2) is 0 Å². The Bertz CT molecular complexity index is 265. The zero-order valence-corrected chi connectivity index (χ0v) is 11.2. The SMILES string of the molecule is CCCC(NC(=O)CC1CCCCO1)C(N)=S. The fourth-order valence-electron chi connectivity index (χ4n) is 2.00. The average molecular weight is 258 g/mol. The summed E-state index contributed by atoms with van der Waals surface area (Å²) in [5.41, 5.74) is 5.59. The number of rotatable bonds is 6. The molecule has 2 atom stereocenters. The normalized spacial score (nSPS) is 21.8. The van der Waals surface area contributed by atoms with Gasteiger partial charge in [0.1, 0.15) is 0 Å². The smallest absolute Gasteiger partial charge is 0.223 e. The van der Waals surface area contributed by atoms with Gasteiger partial charge in [-0.1, -0.05) is 25.6 Å². The van der Waals surface area contributed by atoms with E-state index in [1.165, 1.54) is 0 Å². The Morgan fingerprint density at radius 1 is 1.59 bits per heavy atom. The first-order valence-corrected chi connectivity index (χ1v) is 6.74. The maximum atomic E-state index is 11.8. The fraction of sp³-hybridized carbons (Fsp3) is 0.833. The molecule has 0 aromatic carbocycles. The lowest BCUT2D eigenvalue weighted by Crippen LogP contribution is -2.44. The van der Waals surface area contributed by atoms with E-state index in [1.54, 1.807) is 0 Å². The van der Waals surface area contributed by atoms with E-state index in [9.17, 15) is 4.79 Å². The number of amides is 1. The summed E-state index contributed by atoms with van der Waals surface area (Å²) in [4.78, 5) is 12.2. The molecule has 1 aliphatic heterocycles. The van der Waals surface area contributed by atoms with Crippen molar-refractivity contribution in [3.8, 4) is 0 Å². The Balaban J connectivity index is 2.33. The first-order chi connectivity index (χ1) is 8.13. The second-order valence-corrected chi connectivity index (χ2v) is 4.98. The molecule has 0 radical (unpaired) electrons. The second kappa shape index (κ2) is 7.61. The van der Waals surface area contributed by atoms with Crippen LogP contribution in [0.3, 0.4) is 0 Å². The minimum atomic E-state index is -0.175. The fourth-order valence-corrected chi connectivity index (χ4v) is 2.18. The van der Waals surface area contributed by atoms with Crippen LogP contribution in [0.2, 0.25) is 0 Å². The molecule has 2 unspecified atom stereocenters. The molecule has 98 valence electrons. The summed E-state index contributed by atoms with van der Waals surface area (Å²) in [6.07, 6.45) is 5.45. The molecule has 0 spiro atoms. The third-order valence-electron chi connectivity index (χ3n) is 2.94. The zero-order chi connectivity index (χ0) is 12.7. The van der Waals surface area contributed by atoms with Gasteiger partial charge >= 0.3 is 0 Å². The molecule has 0 bridgehead atoms. The molecule has 0 saturated carbocycles. The van der Waals surface area contributed by atoms with E-state index in [2.05, 4.69) is 5.32 Å². The van der Waals surface area contributed by atoms with Gasteiger partial charge in [0.05, 0.1) is 23.6 Å². The van der Waals surface area contributed by atoms with E-state index in [0.29, 0.717) is 11.4 Å². The summed E-state index contributed by atoms with van der Waals surface area (Å²) in [5, 5.41) is 2.88. The summed E-state index contributed by atoms with van der Waals surface area (Å²) < 4.78 is 5.53. The molecule has 17 heavy (non-hydrogen) atoms. The van der Waals surface area contributed by atoms with Crippen molar-refractivity contribution in [2.24, 2.45) is 5.73 Å². The van der Waals surface area contributed by atoms with Crippen LogP contribution in [0.1, 0.15) is 45.4 Å². The van der Waals surface area contributed by atoms with Gasteiger partial charge < -0.3 is 15.8 Å². The van der Waals surface area contributed by atoms with Crippen molar-refractivity contribution in [1.82, 2.24) is 5.32 Å². The monoisotopic (exact) mass is 258 g/mol. The highest BCUT2D eigenvalue weighted by Gasteiger charge is 2.20. The largest absolute Gasteiger partial charge is 0.392 e. The lowest BCUT2D eigenvalue weighted by molar-refractivity contribution is -0.125. The van der Waals surface area contributed by atoms with Gasteiger partial charge in [-0.25, -0.2) is 0 Å². The van der Waals surface area contributed by atoms with Gasteiger partial charge in [0, 0.05) is 6.61 Å². The van der Waals surface area contributed by atoms with Crippen molar-refractivity contribution >= 4 is 23.1 Å². The lowest BCUT2D eigenvalue weighted by Gasteiger charge is -2.23.